The number of piperidine rings is 1. The minimum Gasteiger partial charge on any atom is -0.299 e. The van der Waals surface area contributed by atoms with Crippen molar-refractivity contribution in [2.24, 2.45) is 5.92 Å². The predicted molar refractivity (Wildman–Crippen MR) is 73.7 cm³/mol. The van der Waals surface area contributed by atoms with Gasteiger partial charge in [-0.3, -0.25) is 4.90 Å². The lowest BCUT2D eigenvalue weighted by Crippen LogP contribution is -2.33. The minimum atomic E-state index is 0.962. The molecule has 1 aliphatic heterocycles. The van der Waals surface area contributed by atoms with Crippen molar-refractivity contribution >= 4 is 0 Å². The fraction of sp³-hybridized carbons (Fsp3) is 0.562. The van der Waals surface area contributed by atoms with Crippen LogP contribution >= 0.6 is 0 Å². The zero-order valence-corrected chi connectivity index (χ0v) is 10.8. The summed E-state index contributed by atoms with van der Waals surface area (Å²) in [7, 11) is 0. The van der Waals surface area contributed by atoms with E-state index in [0.717, 1.165) is 18.9 Å². The molecule has 1 fully saturated rings. The molecule has 0 spiro atoms. The first-order chi connectivity index (χ1) is 8.38. The Morgan fingerprint density at radius 3 is 2.47 bits per heavy atom. The lowest BCUT2D eigenvalue weighted by Gasteiger charge is -2.32. The maximum atomic E-state index is 3.93. The van der Waals surface area contributed by atoms with Gasteiger partial charge in [0.25, 0.3) is 0 Å². The molecule has 1 saturated heterocycles. The number of nitrogens with zero attached hydrogens (tertiary/aromatic N) is 1. The lowest BCUT2D eigenvalue weighted by atomic mass is 9.91. The summed E-state index contributed by atoms with van der Waals surface area (Å²) in [4.78, 5) is 2.59. The maximum absolute atomic E-state index is 3.93. The van der Waals surface area contributed by atoms with Gasteiger partial charge in [-0.1, -0.05) is 56.5 Å². The molecule has 0 amide bonds. The highest BCUT2D eigenvalue weighted by atomic mass is 15.1. The molecular weight excluding hydrogens is 206 g/mol. The van der Waals surface area contributed by atoms with Gasteiger partial charge in [-0.25, -0.2) is 0 Å². The second kappa shape index (κ2) is 6.80. The summed E-state index contributed by atoms with van der Waals surface area (Å²) in [6, 6.07) is 10.8. The van der Waals surface area contributed by atoms with Gasteiger partial charge < -0.3 is 0 Å². The van der Waals surface area contributed by atoms with Crippen LogP contribution in [0.4, 0.5) is 0 Å². The van der Waals surface area contributed by atoms with Crippen LogP contribution in [0.25, 0.3) is 0 Å². The van der Waals surface area contributed by atoms with E-state index < -0.39 is 0 Å². The Bertz CT molecular complexity index is 299. The second-order valence-corrected chi connectivity index (χ2v) is 5.20. The quantitative estimate of drug-likeness (QED) is 0.741. The van der Waals surface area contributed by atoms with Crippen LogP contribution in [-0.4, -0.2) is 18.0 Å². The molecule has 1 aromatic rings. The number of hydrogen-bond donors (Lipinski definition) is 0. The second-order valence-electron chi connectivity index (χ2n) is 5.20. The molecule has 1 aromatic carbocycles. The van der Waals surface area contributed by atoms with Crippen molar-refractivity contribution in [3.63, 3.8) is 0 Å². The molecule has 1 radical (unpaired) electrons. The zero-order valence-electron chi connectivity index (χ0n) is 10.8. The Kier molecular flexibility index (Phi) is 5.06. The third-order valence-corrected chi connectivity index (χ3v) is 3.82. The minimum absolute atomic E-state index is 0.962. The first kappa shape index (κ1) is 12.6. The summed E-state index contributed by atoms with van der Waals surface area (Å²) in [5.41, 5.74) is 1.45. The van der Waals surface area contributed by atoms with Crippen LogP contribution < -0.4 is 0 Å². The molecule has 0 aliphatic carbocycles. The molecule has 0 N–H and O–H groups in total. The summed E-state index contributed by atoms with van der Waals surface area (Å²) in [6.07, 6.45) is 6.57. The Hall–Kier alpha value is -0.820. The molecule has 0 saturated carbocycles. The third kappa shape index (κ3) is 4.16. The van der Waals surface area contributed by atoms with Gasteiger partial charge in [-0.05, 0) is 37.4 Å². The number of hydrogen-bond acceptors (Lipinski definition) is 1. The highest BCUT2D eigenvalue weighted by molar-refractivity contribution is 5.14. The van der Waals surface area contributed by atoms with Gasteiger partial charge in [-0.15, -0.1) is 0 Å². The van der Waals surface area contributed by atoms with Crippen LogP contribution in [0.1, 0.15) is 37.7 Å². The van der Waals surface area contributed by atoms with E-state index in [1.54, 1.807) is 0 Å². The first-order valence-electron chi connectivity index (χ1n) is 6.94. The average Bonchev–Trinajstić information content (AvgIpc) is 2.39. The van der Waals surface area contributed by atoms with E-state index in [0.29, 0.717) is 0 Å². The first-order valence-corrected chi connectivity index (χ1v) is 6.94. The Morgan fingerprint density at radius 2 is 1.82 bits per heavy atom. The normalized spacial score (nSPS) is 18.4. The summed E-state index contributed by atoms with van der Waals surface area (Å²) in [5, 5.41) is 0. The Balaban J connectivity index is 1.72. The Morgan fingerprint density at radius 1 is 1.12 bits per heavy atom. The molecule has 0 atom stereocenters. The van der Waals surface area contributed by atoms with Crippen molar-refractivity contribution in [1.29, 1.82) is 0 Å². The van der Waals surface area contributed by atoms with Gasteiger partial charge >= 0.3 is 0 Å². The molecular formula is C16H24N. The van der Waals surface area contributed by atoms with Crippen molar-refractivity contribution < 1.29 is 0 Å². The van der Waals surface area contributed by atoms with E-state index in [9.17, 15) is 0 Å². The SMILES string of the molecule is [CH2]CCCC1CCN(Cc2ccccc2)CC1. The van der Waals surface area contributed by atoms with Gasteiger partial charge in [0.15, 0.2) is 0 Å². The lowest BCUT2D eigenvalue weighted by molar-refractivity contribution is 0.171. The highest BCUT2D eigenvalue weighted by Gasteiger charge is 2.18. The van der Waals surface area contributed by atoms with Crippen molar-refractivity contribution in [2.75, 3.05) is 13.1 Å². The smallest absolute Gasteiger partial charge is 0.0233 e. The van der Waals surface area contributed by atoms with E-state index in [1.165, 1.54) is 44.3 Å². The van der Waals surface area contributed by atoms with Gasteiger partial charge in [0.05, 0.1) is 0 Å². The van der Waals surface area contributed by atoms with E-state index in [2.05, 4.69) is 42.2 Å². The van der Waals surface area contributed by atoms with Crippen molar-refractivity contribution in [2.45, 2.75) is 38.6 Å². The number of benzene rings is 1. The zero-order chi connectivity index (χ0) is 11.9. The van der Waals surface area contributed by atoms with Gasteiger partial charge in [0.2, 0.25) is 0 Å². The van der Waals surface area contributed by atoms with Crippen LogP contribution in [0.5, 0.6) is 0 Å². The van der Waals surface area contributed by atoms with E-state index >= 15 is 0 Å². The number of likely N-dealkylation sites (tertiary alicyclic amines) is 1. The average molecular weight is 230 g/mol. The fourth-order valence-electron chi connectivity index (χ4n) is 2.71. The predicted octanol–water partition coefficient (Wildman–Crippen LogP) is 3.90. The number of unbranched alkanes of at least 4 members (excludes halogenated alkanes) is 1. The molecule has 17 heavy (non-hydrogen) atoms. The third-order valence-electron chi connectivity index (χ3n) is 3.82. The molecule has 1 nitrogen and oxygen atoms in total. The fourth-order valence-corrected chi connectivity index (χ4v) is 2.71. The summed E-state index contributed by atoms with van der Waals surface area (Å²) in [5.74, 6) is 0.962. The van der Waals surface area contributed by atoms with Gasteiger partial charge in [-0.2, -0.15) is 0 Å². The highest BCUT2D eigenvalue weighted by Crippen LogP contribution is 2.23. The van der Waals surface area contributed by atoms with E-state index in [-0.39, 0.29) is 0 Å². The van der Waals surface area contributed by atoms with Crippen LogP contribution in [0.15, 0.2) is 30.3 Å². The standard InChI is InChI=1S/C16H24N/c1-2-3-7-15-10-12-17(13-11-15)14-16-8-5-4-6-9-16/h4-6,8-9,15H,1-3,7,10-14H2. The van der Waals surface area contributed by atoms with Gasteiger partial charge in [0.1, 0.15) is 0 Å². The van der Waals surface area contributed by atoms with Crippen LogP contribution in [-0.2, 0) is 6.54 Å². The van der Waals surface area contributed by atoms with Crippen molar-refractivity contribution in [3.05, 3.63) is 42.8 Å². The summed E-state index contributed by atoms with van der Waals surface area (Å²) in [6.45, 7) is 7.61. The largest absolute Gasteiger partial charge is 0.299 e. The molecule has 0 aromatic heterocycles. The van der Waals surface area contributed by atoms with E-state index in [4.69, 9.17) is 0 Å². The molecule has 2 rings (SSSR count). The molecule has 1 heteroatoms. The number of rotatable bonds is 5. The van der Waals surface area contributed by atoms with Crippen molar-refractivity contribution in [1.82, 2.24) is 4.90 Å². The van der Waals surface area contributed by atoms with Crippen LogP contribution in [0, 0.1) is 12.8 Å². The van der Waals surface area contributed by atoms with Crippen LogP contribution in [0.3, 0.4) is 0 Å². The topological polar surface area (TPSA) is 3.24 Å². The van der Waals surface area contributed by atoms with E-state index in [1.807, 2.05) is 0 Å². The molecule has 0 bridgehead atoms. The molecule has 0 unspecified atom stereocenters. The molecule has 1 heterocycles. The maximum Gasteiger partial charge on any atom is 0.0233 e. The molecule has 1 aliphatic rings. The Labute approximate surface area is 106 Å². The van der Waals surface area contributed by atoms with Crippen molar-refractivity contribution in [3.8, 4) is 0 Å². The summed E-state index contributed by atoms with van der Waals surface area (Å²) < 4.78 is 0. The summed E-state index contributed by atoms with van der Waals surface area (Å²) >= 11 is 0. The molecule has 93 valence electrons. The van der Waals surface area contributed by atoms with Gasteiger partial charge in [0, 0.05) is 6.54 Å². The monoisotopic (exact) mass is 230 g/mol. The van der Waals surface area contributed by atoms with Crippen LogP contribution in [0.2, 0.25) is 0 Å².